The van der Waals surface area contributed by atoms with Crippen molar-refractivity contribution in [2.24, 2.45) is 0 Å². The van der Waals surface area contributed by atoms with Crippen molar-refractivity contribution in [3.63, 3.8) is 0 Å². The van der Waals surface area contributed by atoms with E-state index in [9.17, 15) is 13.2 Å². The van der Waals surface area contributed by atoms with E-state index in [-0.39, 0.29) is 4.90 Å². The van der Waals surface area contributed by atoms with Crippen molar-refractivity contribution in [3.05, 3.63) is 88.4 Å². The maximum atomic E-state index is 12.9. The summed E-state index contributed by atoms with van der Waals surface area (Å²) in [5.74, 6) is -0.212. The highest BCUT2D eigenvalue weighted by atomic mass is 35.5. The summed E-state index contributed by atoms with van der Waals surface area (Å²) in [5.41, 5.74) is 2.75. The van der Waals surface area contributed by atoms with Crippen molar-refractivity contribution >= 4 is 33.3 Å². The highest BCUT2D eigenvalue weighted by Crippen LogP contribution is 2.26. The van der Waals surface area contributed by atoms with E-state index in [0.29, 0.717) is 22.0 Å². The highest BCUT2D eigenvalue weighted by molar-refractivity contribution is 7.92. The first-order chi connectivity index (χ1) is 13.7. The number of esters is 1. The van der Waals surface area contributed by atoms with E-state index in [1.807, 2.05) is 13.8 Å². The lowest BCUT2D eigenvalue weighted by Gasteiger charge is -2.20. The minimum absolute atomic E-state index is 0.223. The van der Waals surface area contributed by atoms with Crippen LogP contribution < -0.4 is 9.04 Å². The largest absolute Gasteiger partial charge is 0.423 e. The number of sulfonamides is 1. The van der Waals surface area contributed by atoms with Crippen molar-refractivity contribution in [2.45, 2.75) is 18.7 Å². The molecule has 0 aliphatic heterocycles. The quantitative estimate of drug-likeness (QED) is 0.423. The fourth-order valence-electron chi connectivity index (χ4n) is 2.65. The molecule has 0 unspecified atom stereocenters. The molecular formula is C22H20ClNO4S. The molecule has 29 heavy (non-hydrogen) atoms. The zero-order valence-electron chi connectivity index (χ0n) is 16.2. The summed E-state index contributed by atoms with van der Waals surface area (Å²) in [6.07, 6.45) is 0. The van der Waals surface area contributed by atoms with Crippen molar-refractivity contribution in [1.29, 1.82) is 0 Å². The standard InChI is InChI=1S/C22H20ClNO4S/c1-15-4-13-21(14-16(15)2)29(26,27)24(3)19-9-11-20(12-10-19)28-22(25)17-5-7-18(23)8-6-17/h4-14H,1-3H3. The molecule has 0 aromatic heterocycles. The Kier molecular flexibility index (Phi) is 5.96. The third kappa shape index (κ3) is 4.60. The molecule has 0 fully saturated rings. The smallest absolute Gasteiger partial charge is 0.343 e. The molecule has 0 aliphatic carbocycles. The number of anilines is 1. The molecule has 0 spiro atoms. The third-order valence-corrected chi connectivity index (χ3v) is 6.66. The average molecular weight is 430 g/mol. The Balaban J connectivity index is 1.77. The topological polar surface area (TPSA) is 63.7 Å². The van der Waals surface area contributed by atoms with Gasteiger partial charge >= 0.3 is 5.97 Å². The lowest BCUT2D eigenvalue weighted by Crippen LogP contribution is -2.26. The predicted octanol–water partition coefficient (Wildman–Crippen LogP) is 5.00. The second-order valence-corrected chi connectivity index (χ2v) is 9.01. The van der Waals surface area contributed by atoms with Crippen LogP contribution in [0.5, 0.6) is 5.75 Å². The van der Waals surface area contributed by atoms with Gasteiger partial charge in [-0.3, -0.25) is 4.31 Å². The number of aryl methyl sites for hydroxylation is 2. The molecule has 0 saturated heterocycles. The summed E-state index contributed by atoms with van der Waals surface area (Å²) >= 11 is 5.82. The van der Waals surface area contributed by atoms with Gasteiger partial charge in [0.1, 0.15) is 5.75 Å². The summed E-state index contributed by atoms with van der Waals surface area (Å²) in [4.78, 5) is 12.4. The van der Waals surface area contributed by atoms with E-state index in [1.54, 1.807) is 66.7 Å². The van der Waals surface area contributed by atoms with Gasteiger partial charge in [0.05, 0.1) is 16.1 Å². The minimum Gasteiger partial charge on any atom is -0.423 e. The van der Waals surface area contributed by atoms with E-state index in [2.05, 4.69) is 0 Å². The number of carbonyl (C=O) groups is 1. The number of carbonyl (C=O) groups excluding carboxylic acids is 1. The van der Waals surface area contributed by atoms with Crippen molar-refractivity contribution in [2.75, 3.05) is 11.4 Å². The average Bonchev–Trinajstić information content (AvgIpc) is 2.70. The van der Waals surface area contributed by atoms with Gasteiger partial charge in [-0.25, -0.2) is 13.2 Å². The molecule has 3 rings (SSSR count). The number of benzene rings is 3. The van der Waals surface area contributed by atoms with Gasteiger partial charge in [0.15, 0.2) is 0 Å². The number of nitrogens with zero attached hydrogens (tertiary/aromatic N) is 1. The molecular weight excluding hydrogens is 410 g/mol. The number of halogens is 1. The molecule has 0 N–H and O–H groups in total. The van der Waals surface area contributed by atoms with Crippen LogP contribution in [0.15, 0.2) is 71.6 Å². The van der Waals surface area contributed by atoms with Gasteiger partial charge in [-0.1, -0.05) is 17.7 Å². The van der Waals surface area contributed by atoms with E-state index in [4.69, 9.17) is 16.3 Å². The Morgan fingerprint density at radius 1 is 0.897 bits per heavy atom. The molecule has 0 amide bonds. The van der Waals surface area contributed by atoms with E-state index in [1.165, 1.54) is 11.4 Å². The molecule has 3 aromatic carbocycles. The van der Waals surface area contributed by atoms with E-state index < -0.39 is 16.0 Å². The molecule has 0 bridgehead atoms. The number of hydrogen-bond donors (Lipinski definition) is 0. The van der Waals surface area contributed by atoms with E-state index in [0.717, 1.165) is 11.1 Å². The van der Waals surface area contributed by atoms with Crippen LogP contribution in [-0.2, 0) is 10.0 Å². The molecule has 0 radical (unpaired) electrons. The number of hydrogen-bond acceptors (Lipinski definition) is 4. The van der Waals surface area contributed by atoms with Crippen LogP contribution in [-0.4, -0.2) is 21.4 Å². The zero-order chi connectivity index (χ0) is 21.2. The Morgan fingerprint density at radius 3 is 2.10 bits per heavy atom. The van der Waals surface area contributed by atoms with Crippen molar-refractivity contribution < 1.29 is 17.9 Å². The first-order valence-electron chi connectivity index (χ1n) is 8.82. The van der Waals surface area contributed by atoms with Gasteiger partial charge in [-0.05, 0) is 85.6 Å². The van der Waals surface area contributed by atoms with Crippen molar-refractivity contribution in [1.82, 2.24) is 0 Å². The molecule has 150 valence electrons. The second-order valence-electron chi connectivity index (χ2n) is 6.61. The second kappa shape index (κ2) is 8.27. The Morgan fingerprint density at radius 2 is 1.52 bits per heavy atom. The van der Waals surface area contributed by atoms with Crippen molar-refractivity contribution in [3.8, 4) is 5.75 Å². The normalized spacial score (nSPS) is 11.2. The first-order valence-corrected chi connectivity index (χ1v) is 10.6. The molecule has 5 nitrogen and oxygen atoms in total. The summed E-state index contributed by atoms with van der Waals surface area (Å²) < 4.78 is 32.3. The van der Waals surface area contributed by atoms with Gasteiger partial charge in [-0.2, -0.15) is 0 Å². The predicted molar refractivity (Wildman–Crippen MR) is 114 cm³/mol. The molecule has 0 heterocycles. The Hall–Kier alpha value is -2.83. The minimum atomic E-state index is -3.70. The van der Waals surface area contributed by atoms with Crippen LogP contribution in [0, 0.1) is 13.8 Å². The Labute approximate surface area is 175 Å². The van der Waals surface area contributed by atoms with E-state index >= 15 is 0 Å². The van der Waals surface area contributed by atoms with Crippen LogP contribution in [0.25, 0.3) is 0 Å². The molecule has 0 atom stereocenters. The van der Waals surface area contributed by atoms with Gasteiger partial charge in [-0.15, -0.1) is 0 Å². The number of rotatable bonds is 5. The molecule has 3 aromatic rings. The first kappa shape index (κ1) is 20.9. The maximum Gasteiger partial charge on any atom is 0.343 e. The highest BCUT2D eigenvalue weighted by Gasteiger charge is 2.22. The monoisotopic (exact) mass is 429 g/mol. The number of ether oxygens (including phenoxy) is 1. The Bertz CT molecular complexity index is 1140. The van der Waals surface area contributed by atoms with Crippen LogP contribution in [0.2, 0.25) is 5.02 Å². The van der Waals surface area contributed by atoms with Gasteiger partial charge < -0.3 is 4.74 Å². The maximum absolute atomic E-state index is 12.9. The van der Waals surface area contributed by atoms with Crippen LogP contribution in [0.1, 0.15) is 21.5 Å². The summed E-state index contributed by atoms with van der Waals surface area (Å²) in [6, 6.07) is 17.7. The summed E-state index contributed by atoms with van der Waals surface area (Å²) in [7, 11) is -2.22. The summed E-state index contributed by atoms with van der Waals surface area (Å²) in [5, 5.41) is 0.527. The van der Waals surface area contributed by atoms with Gasteiger partial charge in [0, 0.05) is 12.1 Å². The lowest BCUT2D eigenvalue weighted by atomic mass is 10.1. The molecule has 0 saturated carbocycles. The molecule has 7 heteroatoms. The van der Waals surface area contributed by atoms with Crippen LogP contribution >= 0.6 is 11.6 Å². The fraction of sp³-hybridized carbons (Fsp3) is 0.136. The summed E-state index contributed by atoms with van der Waals surface area (Å²) in [6.45, 7) is 3.80. The molecule has 0 aliphatic rings. The van der Waals surface area contributed by atoms with Crippen LogP contribution in [0.3, 0.4) is 0 Å². The fourth-order valence-corrected chi connectivity index (χ4v) is 4.05. The van der Waals surface area contributed by atoms with Gasteiger partial charge in [0.25, 0.3) is 10.0 Å². The SMILES string of the molecule is Cc1ccc(S(=O)(=O)N(C)c2ccc(OC(=O)c3ccc(Cl)cc3)cc2)cc1C. The zero-order valence-corrected chi connectivity index (χ0v) is 17.8. The third-order valence-electron chi connectivity index (χ3n) is 4.63. The van der Waals surface area contributed by atoms with Gasteiger partial charge in [0.2, 0.25) is 0 Å². The van der Waals surface area contributed by atoms with Crippen LogP contribution in [0.4, 0.5) is 5.69 Å². The lowest BCUT2D eigenvalue weighted by molar-refractivity contribution is 0.0735.